The molecule has 2 aromatic carbocycles. The van der Waals surface area contributed by atoms with Crippen LogP contribution in [0.5, 0.6) is 0 Å². The van der Waals surface area contributed by atoms with Crippen LogP contribution in [0.25, 0.3) is 22.3 Å². The number of aromatic nitrogens is 2. The van der Waals surface area contributed by atoms with E-state index in [1.807, 2.05) is 18.2 Å². The fraction of sp³-hybridized carbons (Fsp3) is 0.160. The minimum atomic E-state index is -0.351. The summed E-state index contributed by atoms with van der Waals surface area (Å²) >= 11 is 3.33. The summed E-state index contributed by atoms with van der Waals surface area (Å²) in [5, 5.41) is 1.15. The largest absolute Gasteiger partial charge is 0.353 e. The molecule has 7 heteroatoms. The number of H-pyrrole nitrogens is 1. The quantitative estimate of drug-likeness (QED) is 0.329. The van der Waals surface area contributed by atoms with Crippen LogP contribution in [0.15, 0.2) is 71.3 Å². The highest BCUT2D eigenvalue weighted by Crippen LogP contribution is 2.31. The van der Waals surface area contributed by atoms with Crippen LogP contribution in [0.2, 0.25) is 0 Å². The van der Waals surface area contributed by atoms with E-state index in [1.165, 1.54) is 5.56 Å². The molecular formula is C25H23BrN4O2. The number of nitrogens with zero attached hydrogens (tertiary/aromatic N) is 1. The maximum absolute atomic E-state index is 12.3. The molecule has 4 rings (SSSR count). The van der Waals surface area contributed by atoms with Crippen molar-refractivity contribution in [2.75, 3.05) is 0 Å². The molecule has 2 heterocycles. The lowest BCUT2D eigenvalue weighted by atomic mass is 10.0. The summed E-state index contributed by atoms with van der Waals surface area (Å²) in [6, 6.07) is 19.1. The highest BCUT2D eigenvalue weighted by molar-refractivity contribution is 9.10. The van der Waals surface area contributed by atoms with E-state index >= 15 is 0 Å². The summed E-state index contributed by atoms with van der Waals surface area (Å²) in [6.45, 7) is 2.07. The second-order valence-corrected chi connectivity index (χ2v) is 8.52. The molecule has 32 heavy (non-hydrogen) atoms. The predicted molar refractivity (Wildman–Crippen MR) is 129 cm³/mol. The van der Waals surface area contributed by atoms with Crippen LogP contribution in [-0.2, 0) is 11.2 Å². The Morgan fingerprint density at radius 3 is 2.59 bits per heavy atom. The highest BCUT2D eigenvalue weighted by atomic mass is 79.9. The van der Waals surface area contributed by atoms with Crippen LogP contribution < -0.4 is 10.9 Å². The minimum absolute atomic E-state index is 0.231. The van der Waals surface area contributed by atoms with Gasteiger partial charge in [0.15, 0.2) is 0 Å². The molecular weight excluding hydrogens is 468 g/mol. The number of carbonyl (C=O) groups is 2. The van der Waals surface area contributed by atoms with Gasteiger partial charge in [0.25, 0.3) is 5.91 Å². The van der Waals surface area contributed by atoms with Crippen molar-refractivity contribution in [2.24, 2.45) is 0 Å². The lowest BCUT2D eigenvalue weighted by molar-refractivity contribution is -0.121. The molecule has 0 saturated heterocycles. The number of hydrogen-bond donors (Lipinski definition) is 3. The molecule has 0 aliphatic rings. The van der Waals surface area contributed by atoms with E-state index in [0.717, 1.165) is 32.3 Å². The van der Waals surface area contributed by atoms with Crippen LogP contribution in [0, 0.1) is 6.92 Å². The Balaban J connectivity index is 1.40. The van der Waals surface area contributed by atoms with Crippen molar-refractivity contribution in [1.29, 1.82) is 0 Å². The van der Waals surface area contributed by atoms with Crippen molar-refractivity contribution in [2.45, 2.75) is 26.2 Å². The zero-order valence-corrected chi connectivity index (χ0v) is 19.2. The molecule has 0 aliphatic heterocycles. The Morgan fingerprint density at radius 1 is 1.03 bits per heavy atom. The first-order chi connectivity index (χ1) is 15.5. The van der Waals surface area contributed by atoms with Crippen LogP contribution >= 0.6 is 15.9 Å². The minimum Gasteiger partial charge on any atom is -0.353 e. The average Bonchev–Trinajstić information content (AvgIpc) is 3.16. The molecule has 2 aromatic heterocycles. The second kappa shape index (κ2) is 9.78. The number of rotatable bonds is 6. The zero-order valence-electron chi connectivity index (χ0n) is 17.6. The first-order valence-electron chi connectivity index (χ1n) is 10.4. The second-order valence-electron chi connectivity index (χ2n) is 7.61. The van der Waals surface area contributed by atoms with Crippen molar-refractivity contribution in [3.8, 4) is 11.4 Å². The first-order valence-corrected chi connectivity index (χ1v) is 11.2. The van der Waals surface area contributed by atoms with Gasteiger partial charge < -0.3 is 4.98 Å². The first kappa shape index (κ1) is 21.8. The SMILES string of the molecule is Cc1ccc2[nH]c(-c3ccccn3)c(CCCC(=O)NNC(=O)c3ccc(Br)cc3)c2c1. The number of aryl methyl sites for hydroxylation is 2. The number of nitrogens with one attached hydrogen (secondary N) is 3. The Hall–Kier alpha value is -3.45. The molecule has 0 spiro atoms. The number of pyridine rings is 1. The fourth-order valence-electron chi connectivity index (χ4n) is 3.64. The molecule has 6 nitrogen and oxygen atoms in total. The number of carbonyl (C=O) groups excluding carboxylic acids is 2. The van der Waals surface area contributed by atoms with Gasteiger partial charge in [-0.3, -0.25) is 25.4 Å². The van der Waals surface area contributed by atoms with Crippen molar-refractivity contribution < 1.29 is 9.59 Å². The Kier molecular flexibility index (Phi) is 6.66. The third-order valence-corrected chi connectivity index (χ3v) is 5.76. The van der Waals surface area contributed by atoms with Gasteiger partial charge in [0, 0.05) is 33.6 Å². The van der Waals surface area contributed by atoms with Gasteiger partial charge >= 0.3 is 0 Å². The van der Waals surface area contributed by atoms with E-state index in [0.29, 0.717) is 24.8 Å². The average molecular weight is 491 g/mol. The van der Waals surface area contributed by atoms with Crippen molar-refractivity contribution >= 4 is 38.6 Å². The van der Waals surface area contributed by atoms with Crippen LogP contribution in [0.3, 0.4) is 0 Å². The van der Waals surface area contributed by atoms with E-state index in [1.54, 1.807) is 30.5 Å². The summed E-state index contributed by atoms with van der Waals surface area (Å²) < 4.78 is 0.885. The maximum atomic E-state index is 12.3. The molecule has 3 N–H and O–H groups in total. The predicted octanol–water partition coefficient (Wildman–Crippen LogP) is 5.08. The molecule has 0 aliphatic carbocycles. The Morgan fingerprint density at radius 2 is 1.84 bits per heavy atom. The van der Waals surface area contributed by atoms with Crippen LogP contribution in [0.4, 0.5) is 0 Å². The van der Waals surface area contributed by atoms with Gasteiger partial charge in [-0.05, 0) is 73.9 Å². The molecule has 0 bridgehead atoms. The smallest absolute Gasteiger partial charge is 0.269 e. The summed E-state index contributed by atoms with van der Waals surface area (Å²) in [6.07, 6.45) is 3.42. The standard InChI is InChI=1S/C25H23BrN4O2/c1-16-8-13-21-20(15-16)19(24(28-21)22-6-2-3-14-27-22)5-4-7-23(31)29-30-25(32)17-9-11-18(26)12-10-17/h2-3,6,8-15,28H,4-5,7H2,1H3,(H,29,31)(H,30,32). The van der Waals surface area contributed by atoms with Gasteiger partial charge in [-0.25, -0.2) is 0 Å². The lowest BCUT2D eigenvalue weighted by Crippen LogP contribution is -2.41. The fourth-order valence-corrected chi connectivity index (χ4v) is 3.90. The Bertz CT molecular complexity index is 1250. The number of fused-ring (bicyclic) bond motifs is 1. The maximum Gasteiger partial charge on any atom is 0.269 e. The number of halogens is 1. The third-order valence-electron chi connectivity index (χ3n) is 5.24. The van der Waals surface area contributed by atoms with Crippen molar-refractivity contribution in [1.82, 2.24) is 20.8 Å². The highest BCUT2D eigenvalue weighted by Gasteiger charge is 2.15. The summed E-state index contributed by atoms with van der Waals surface area (Å²) in [5.41, 5.74) is 10.7. The van der Waals surface area contributed by atoms with Gasteiger partial charge in [-0.15, -0.1) is 0 Å². The van der Waals surface area contributed by atoms with E-state index in [4.69, 9.17) is 0 Å². The van der Waals surface area contributed by atoms with Crippen LogP contribution in [-0.4, -0.2) is 21.8 Å². The zero-order chi connectivity index (χ0) is 22.5. The molecule has 2 amide bonds. The normalized spacial score (nSPS) is 10.8. The van der Waals surface area contributed by atoms with Gasteiger partial charge in [-0.2, -0.15) is 0 Å². The molecule has 0 radical (unpaired) electrons. The van der Waals surface area contributed by atoms with Gasteiger partial charge in [0.2, 0.25) is 5.91 Å². The lowest BCUT2D eigenvalue weighted by Gasteiger charge is -2.08. The Labute approximate surface area is 194 Å². The van der Waals surface area contributed by atoms with E-state index in [9.17, 15) is 9.59 Å². The van der Waals surface area contributed by atoms with Crippen molar-refractivity contribution in [3.05, 3.63) is 88.0 Å². The topological polar surface area (TPSA) is 86.9 Å². The number of hydrazine groups is 1. The number of hydrogen-bond acceptors (Lipinski definition) is 3. The summed E-state index contributed by atoms with van der Waals surface area (Å²) in [7, 11) is 0. The molecule has 0 saturated carbocycles. The molecule has 4 aromatic rings. The van der Waals surface area contributed by atoms with Crippen LogP contribution in [0.1, 0.15) is 34.3 Å². The monoisotopic (exact) mass is 490 g/mol. The number of benzene rings is 2. The summed E-state index contributed by atoms with van der Waals surface area (Å²) in [4.78, 5) is 32.4. The molecule has 0 unspecified atom stereocenters. The number of aromatic amines is 1. The van der Waals surface area contributed by atoms with E-state index < -0.39 is 0 Å². The van der Waals surface area contributed by atoms with Gasteiger partial charge in [-0.1, -0.05) is 33.6 Å². The molecule has 0 atom stereocenters. The third kappa shape index (κ3) is 5.06. The van der Waals surface area contributed by atoms with E-state index in [2.05, 4.69) is 61.9 Å². The molecule has 162 valence electrons. The van der Waals surface area contributed by atoms with Crippen molar-refractivity contribution in [3.63, 3.8) is 0 Å². The molecule has 0 fully saturated rings. The van der Waals surface area contributed by atoms with Gasteiger partial charge in [0.1, 0.15) is 0 Å². The van der Waals surface area contributed by atoms with E-state index in [-0.39, 0.29) is 11.8 Å². The number of amides is 2. The van der Waals surface area contributed by atoms with Gasteiger partial charge in [0.05, 0.1) is 11.4 Å². The summed E-state index contributed by atoms with van der Waals surface area (Å²) in [5.74, 6) is -0.582.